The van der Waals surface area contributed by atoms with Crippen molar-refractivity contribution in [2.75, 3.05) is 11.9 Å². The number of carbonyl (C=O) groups excluding carboxylic acids is 3. The van der Waals surface area contributed by atoms with E-state index in [1.54, 1.807) is 12.1 Å². The van der Waals surface area contributed by atoms with Gasteiger partial charge >= 0.3 is 0 Å². The number of benzene rings is 1. The predicted octanol–water partition coefficient (Wildman–Crippen LogP) is 2.58. The Hall–Kier alpha value is -1.95. The van der Waals surface area contributed by atoms with Gasteiger partial charge in [0.1, 0.15) is 6.54 Å². The van der Waals surface area contributed by atoms with Crippen molar-refractivity contribution >= 4 is 39.3 Å². The van der Waals surface area contributed by atoms with Crippen molar-refractivity contribution in [2.24, 2.45) is 23.7 Å². The van der Waals surface area contributed by atoms with Crippen LogP contribution in [0.25, 0.3) is 0 Å². The lowest BCUT2D eigenvalue weighted by atomic mass is 9.63. The van der Waals surface area contributed by atoms with Crippen LogP contribution in [-0.4, -0.2) is 29.2 Å². The van der Waals surface area contributed by atoms with Crippen molar-refractivity contribution in [3.8, 4) is 0 Å². The minimum absolute atomic E-state index is 0.149. The molecule has 1 aromatic carbocycles. The van der Waals surface area contributed by atoms with Crippen molar-refractivity contribution < 1.29 is 14.4 Å². The summed E-state index contributed by atoms with van der Waals surface area (Å²) in [5.74, 6) is -0.946. The van der Waals surface area contributed by atoms with Crippen LogP contribution >= 0.6 is 15.9 Å². The summed E-state index contributed by atoms with van der Waals surface area (Å²) in [6.45, 7) is -0.208. The number of fused-ring (bicyclic) bond motifs is 1. The zero-order valence-electron chi connectivity index (χ0n) is 12.9. The predicted molar refractivity (Wildman–Crippen MR) is 91.8 cm³/mol. The van der Waals surface area contributed by atoms with E-state index in [0.29, 0.717) is 5.69 Å². The van der Waals surface area contributed by atoms with Crippen molar-refractivity contribution in [1.82, 2.24) is 4.90 Å². The van der Waals surface area contributed by atoms with Crippen LogP contribution in [-0.2, 0) is 14.4 Å². The molecule has 24 heavy (non-hydrogen) atoms. The van der Waals surface area contributed by atoms with E-state index in [1.807, 2.05) is 12.1 Å². The molecule has 4 atom stereocenters. The summed E-state index contributed by atoms with van der Waals surface area (Å²) in [4.78, 5) is 38.7. The average Bonchev–Trinajstić information content (AvgIpc) is 2.85. The Bertz CT molecular complexity index is 711. The summed E-state index contributed by atoms with van der Waals surface area (Å²) in [5.41, 5.74) is 0.640. The summed E-state index contributed by atoms with van der Waals surface area (Å²) >= 11 is 3.33. The van der Waals surface area contributed by atoms with Gasteiger partial charge in [-0.1, -0.05) is 28.1 Å². The first-order valence-electron chi connectivity index (χ1n) is 8.13. The largest absolute Gasteiger partial charge is 0.325 e. The molecule has 124 valence electrons. The number of rotatable bonds is 3. The molecule has 1 saturated carbocycles. The third kappa shape index (κ3) is 2.49. The smallest absolute Gasteiger partial charge is 0.244 e. The Labute approximate surface area is 148 Å². The SMILES string of the molecule is O=C(CN1C(=O)C2C3C=CC(CC3)C2C1=O)Nc1ccc(Br)cc1. The summed E-state index contributed by atoms with van der Waals surface area (Å²) in [5, 5.41) is 2.74. The minimum atomic E-state index is -0.349. The molecule has 1 heterocycles. The minimum Gasteiger partial charge on any atom is -0.325 e. The lowest BCUT2D eigenvalue weighted by Gasteiger charge is -2.38. The lowest BCUT2D eigenvalue weighted by Crippen LogP contribution is -2.38. The molecule has 6 heteroatoms. The van der Waals surface area contributed by atoms with E-state index >= 15 is 0 Å². The van der Waals surface area contributed by atoms with E-state index in [9.17, 15) is 14.4 Å². The molecular weight excluding hydrogens is 372 g/mol. The molecular formula is C18H17BrN2O3. The Morgan fingerprint density at radius 1 is 1.04 bits per heavy atom. The monoisotopic (exact) mass is 388 g/mol. The summed E-state index contributed by atoms with van der Waals surface area (Å²) in [6, 6.07) is 7.17. The van der Waals surface area contributed by atoms with Gasteiger partial charge < -0.3 is 5.32 Å². The second-order valence-corrected chi connectivity index (χ2v) is 7.57. The van der Waals surface area contributed by atoms with Crippen LogP contribution in [0.4, 0.5) is 5.69 Å². The number of allylic oxidation sites excluding steroid dienone is 2. The van der Waals surface area contributed by atoms with Crippen molar-refractivity contribution in [1.29, 1.82) is 0 Å². The van der Waals surface area contributed by atoms with E-state index in [1.165, 1.54) is 0 Å². The van der Waals surface area contributed by atoms with Gasteiger partial charge in [0.25, 0.3) is 0 Å². The summed E-state index contributed by atoms with van der Waals surface area (Å²) < 4.78 is 0.914. The zero-order valence-corrected chi connectivity index (χ0v) is 14.5. The fourth-order valence-electron chi connectivity index (χ4n) is 4.17. The van der Waals surface area contributed by atoms with Crippen LogP contribution < -0.4 is 5.32 Å². The van der Waals surface area contributed by atoms with Crippen LogP contribution in [0.15, 0.2) is 40.9 Å². The van der Waals surface area contributed by atoms with Gasteiger partial charge in [-0.25, -0.2) is 0 Å². The topological polar surface area (TPSA) is 66.5 Å². The average molecular weight is 389 g/mol. The number of carbonyl (C=O) groups is 3. The molecule has 1 N–H and O–H groups in total. The Morgan fingerprint density at radius 3 is 2.08 bits per heavy atom. The highest BCUT2D eigenvalue weighted by atomic mass is 79.9. The molecule has 3 aliphatic carbocycles. The molecule has 0 aromatic heterocycles. The fraction of sp³-hybridized carbons (Fsp3) is 0.389. The highest BCUT2D eigenvalue weighted by molar-refractivity contribution is 9.10. The molecule has 4 aliphatic rings. The van der Waals surface area contributed by atoms with Crippen LogP contribution in [0.1, 0.15) is 12.8 Å². The molecule has 2 bridgehead atoms. The molecule has 1 aliphatic heterocycles. The maximum absolute atomic E-state index is 12.7. The number of halogens is 1. The second kappa shape index (κ2) is 5.84. The number of hydrogen-bond acceptors (Lipinski definition) is 3. The highest BCUT2D eigenvalue weighted by Gasteiger charge is 2.56. The van der Waals surface area contributed by atoms with Crippen molar-refractivity contribution in [2.45, 2.75) is 12.8 Å². The molecule has 3 amide bonds. The van der Waals surface area contributed by atoms with Crippen LogP contribution in [0.5, 0.6) is 0 Å². The normalized spacial score (nSPS) is 30.6. The molecule has 0 radical (unpaired) electrons. The molecule has 0 spiro atoms. The first kappa shape index (κ1) is 15.6. The number of anilines is 1. The molecule has 1 saturated heterocycles. The number of nitrogens with zero attached hydrogens (tertiary/aromatic N) is 1. The third-order valence-electron chi connectivity index (χ3n) is 5.28. The zero-order chi connectivity index (χ0) is 16.8. The van der Waals surface area contributed by atoms with Gasteiger partial charge in [0.15, 0.2) is 0 Å². The quantitative estimate of drug-likeness (QED) is 0.639. The highest BCUT2D eigenvalue weighted by Crippen LogP contribution is 2.49. The molecule has 4 unspecified atom stereocenters. The lowest BCUT2D eigenvalue weighted by molar-refractivity contribution is -0.142. The van der Waals surface area contributed by atoms with Gasteiger partial charge in [-0.05, 0) is 48.9 Å². The molecule has 5 rings (SSSR count). The molecule has 5 nitrogen and oxygen atoms in total. The fourth-order valence-corrected chi connectivity index (χ4v) is 4.43. The number of amides is 3. The van der Waals surface area contributed by atoms with Crippen molar-refractivity contribution in [3.05, 3.63) is 40.9 Å². The van der Waals surface area contributed by atoms with Gasteiger partial charge in [0.05, 0.1) is 11.8 Å². The van der Waals surface area contributed by atoms with Gasteiger partial charge in [0.2, 0.25) is 17.7 Å². The van der Waals surface area contributed by atoms with E-state index in [2.05, 4.69) is 33.4 Å². The Balaban J connectivity index is 1.47. The maximum atomic E-state index is 12.7. The molecule has 1 aromatic rings. The summed E-state index contributed by atoms with van der Waals surface area (Å²) in [7, 11) is 0. The van der Waals surface area contributed by atoms with E-state index < -0.39 is 0 Å². The van der Waals surface area contributed by atoms with Gasteiger partial charge in [-0.3, -0.25) is 19.3 Å². The number of hydrogen-bond donors (Lipinski definition) is 1. The van der Waals surface area contributed by atoms with Crippen LogP contribution in [0.3, 0.4) is 0 Å². The van der Waals surface area contributed by atoms with Crippen LogP contribution in [0.2, 0.25) is 0 Å². The van der Waals surface area contributed by atoms with Crippen molar-refractivity contribution in [3.63, 3.8) is 0 Å². The van der Waals surface area contributed by atoms with E-state index in [-0.39, 0.29) is 47.9 Å². The van der Waals surface area contributed by atoms with Gasteiger partial charge in [-0.15, -0.1) is 0 Å². The first-order chi connectivity index (χ1) is 11.5. The van der Waals surface area contributed by atoms with E-state index in [0.717, 1.165) is 22.2 Å². The Morgan fingerprint density at radius 2 is 1.58 bits per heavy atom. The van der Waals surface area contributed by atoms with Gasteiger partial charge in [0, 0.05) is 10.2 Å². The van der Waals surface area contributed by atoms with Gasteiger partial charge in [-0.2, -0.15) is 0 Å². The Kier molecular flexibility index (Phi) is 3.79. The standard InChI is InChI=1S/C18H17BrN2O3/c19-12-5-7-13(8-6-12)20-14(22)9-21-17(23)15-10-1-2-11(4-3-10)16(15)18(21)24/h1-2,5-8,10-11,15-16H,3-4,9H2,(H,20,22). The first-order valence-corrected chi connectivity index (χ1v) is 8.93. The number of nitrogens with one attached hydrogen (secondary N) is 1. The second-order valence-electron chi connectivity index (χ2n) is 6.66. The maximum Gasteiger partial charge on any atom is 0.244 e. The number of likely N-dealkylation sites (tertiary alicyclic amines) is 1. The summed E-state index contributed by atoms with van der Waals surface area (Å²) in [6.07, 6.45) is 6.07. The van der Waals surface area contributed by atoms with E-state index in [4.69, 9.17) is 0 Å². The number of imide groups is 1. The van der Waals surface area contributed by atoms with Crippen LogP contribution in [0, 0.1) is 23.7 Å². The third-order valence-corrected chi connectivity index (χ3v) is 5.81. The molecule has 2 fully saturated rings.